The van der Waals surface area contributed by atoms with Crippen LogP contribution in [0.5, 0.6) is 17.2 Å². The minimum atomic E-state index is -0.706. The van der Waals surface area contributed by atoms with Crippen LogP contribution in [-0.2, 0) is 16.2 Å². The number of thiocarbonyl (C=S) groups is 1. The average Bonchev–Trinajstić information content (AvgIpc) is 3.30. The molecule has 0 unspecified atom stereocenters. The lowest BCUT2D eigenvalue weighted by molar-refractivity contribution is -0.122. The maximum Gasteiger partial charge on any atom is 0.270 e. The lowest BCUT2D eigenvalue weighted by Gasteiger charge is -2.29. The number of fused-ring (bicyclic) bond motifs is 1. The normalized spacial score (nSPS) is 15.9. The Morgan fingerprint density at radius 2 is 1.78 bits per heavy atom. The number of ether oxygens (including phenoxy) is 3. The van der Waals surface area contributed by atoms with E-state index in [1.165, 1.54) is 24.3 Å². The number of hydrogen-bond acceptors (Lipinski definition) is 6. The third-order valence-corrected chi connectivity index (χ3v) is 7.23. The average molecular weight is 728 g/mol. The minimum Gasteiger partial charge on any atom is -0.487 e. The molecular formula is C25H15FI2N2O5S. The first-order chi connectivity index (χ1) is 17.3. The molecular weight excluding hydrogens is 713 g/mol. The first-order valence-electron chi connectivity index (χ1n) is 10.5. The van der Waals surface area contributed by atoms with Gasteiger partial charge in [0, 0.05) is 0 Å². The van der Waals surface area contributed by atoms with Crippen LogP contribution in [0.15, 0.2) is 60.2 Å². The molecule has 36 heavy (non-hydrogen) atoms. The van der Waals surface area contributed by atoms with Gasteiger partial charge in [-0.2, -0.15) is 0 Å². The molecule has 1 fully saturated rings. The Morgan fingerprint density at radius 1 is 1.06 bits per heavy atom. The van der Waals surface area contributed by atoms with E-state index < -0.39 is 17.6 Å². The summed E-state index contributed by atoms with van der Waals surface area (Å²) in [6.07, 6.45) is 1.46. The molecule has 0 radical (unpaired) electrons. The standard InChI is InChI=1S/C25H15FI2N2O5S/c26-16-3-1-2-4-19(16)30-24(32)15(23(31)29-25(30)36)7-14-8-17(27)22(18(28)9-14)33-11-13-5-6-20-21(10-13)35-12-34-20/h1-10H,11-12H2,(H,29,31,36)/b15-7+. The van der Waals surface area contributed by atoms with Crippen molar-refractivity contribution >= 4 is 86.1 Å². The van der Waals surface area contributed by atoms with Crippen molar-refractivity contribution in [3.05, 3.63) is 84.3 Å². The number of rotatable bonds is 5. The van der Waals surface area contributed by atoms with Crippen LogP contribution < -0.4 is 24.4 Å². The second-order valence-electron chi connectivity index (χ2n) is 7.70. The van der Waals surface area contributed by atoms with Crippen molar-refractivity contribution in [3.63, 3.8) is 0 Å². The fraction of sp³-hybridized carbons (Fsp3) is 0.0800. The van der Waals surface area contributed by atoms with E-state index in [4.69, 9.17) is 26.4 Å². The van der Waals surface area contributed by atoms with Gasteiger partial charge in [-0.05, 0) is 111 Å². The molecule has 0 aliphatic carbocycles. The van der Waals surface area contributed by atoms with Gasteiger partial charge in [0.15, 0.2) is 16.6 Å². The lowest BCUT2D eigenvalue weighted by atomic mass is 10.1. The lowest BCUT2D eigenvalue weighted by Crippen LogP contribution is -2.54. The maximum absolute atomic E-state index is 14.4. The zero-order valence-corrected chi connectivity index (χ0v) is 23.3. The Balaban J connectivity index is 1.39. The Hall–Kier alpha value is -2.78. The molecule has 3 aromatic carbocycles. The van der Waals surface area contributed by atoms with E-state index >= 15 is 0 Å². The highest BCUT2D eigenvalue weighted by molar-refractivity contribution is 14.1. The summed E-state index contributed by atoms with van der Waals surface area (Å²) in [5.41, 5.74) is 1.34. The number of nitrogens with one attached hydrogen (secondary N) is 1. The van der Waals surface area contributed by atoms with E-state index in [0.717, 1.165) is 17.6 Å². The zero-order valence-electron chi connectivity index (χ0n) is 18.2. The third-order valence-electron chi connectivity index (χ3n) is 5.35. The van der Waals surface area contributed by atoms with Gasteiger partial charge >= 0.3 is 0 Å². The van der Waals surface area contributed by atoms with E-state index in [1.807, 2.05) is 18.2 Å². The van der Waals surface area contributed by atoms with Crippen molar-refractivity contribution in [1.82, 2.24) is 5.32 Å². The summed E-state index contributed by atoms with van der Waals surface area (Å²) in [4.78, 5) is 26.8. The van der Waals surface area contributed by atoms with Crippen molar-refractivity contribution in [2.45, 2.75) is 6.61 Å². The number of anilines is 1. The molecule has 182 valence electrons. The molecule has 0 saturated carbocycles. The number of carbonyl (C=O) groups excluding carboxylic acids is 2. The predicted octanol–water partition coefficient (Wildman–Crippen LogP) is 5.17. The molecule has 5 rings (SSSR count). The molecule has 1 saturated heterocycles. The van der Waals surface area contributed by atoms with E-state index in [-0.39, 0.29) is 23.2 Å². The van der Waals surface area contributed by atoms with Crippen LogP contribution in [0, 0.1) is 13.0 Å². The molecule has 1 N–H and O–H groups in total. The number of para-hydroxylation sites is 1. The Morgan fingerprint density at radius 3 is 2.53 bits per heavy atom. The van der Waals surface area contributed by atoms with E-state index in [1.54, 1.807) is 18.2 Å². The van der Waals surface area contributed by atoms with Gasteiger partial charge in [-0.25, -0.2) is 9.29 Å². The first kappa shape index (κ1) is 24.9. The summed E-state index contributed by atoms with van der Waals surface area (Å²) in [6, 6.07) is 15.0. The number of hydrogen-bond donors (Lipinski definition) is 1. The summed E-state index contributed by atoms with van der Waals surface area (Å²) in [5.74, 6) is 0.0758. The fourth-order valence-corrected chi connectivity index (χ4v) is 6.06. The van der Waals surface area contributed by atoms with E-state index in [0.29, 0.717) is 29.4 Å². The smallest absolute Gasteiger partial charge is 0.270 e. The molecule has 0 spiro atoms. The monoisotopic (exact) mass is 728 g/mol. The van der Waals surface area contributed by atoms with Gasteiger partial charge in [0.05, 0.1) is 12.8 Å². The molecule has 0 bridgehead atoms. The van der Waals surface area contributed by atoms with Crippen LogP contribution in [0.2, 0.25) is 0 Å². The predicted molar refractivity (Wildman–Crippen MR) is 151 cm³/mol. The van der Waals surface area contributed by atoms with Crippen LogP contribution >= 0.6 is 57.4 Å². The quantitative estimate of drug-likeness (QED) is 0.169. The largest absolute Gasteiger partial charge is 0.487 e. The van der Waals surface area contributed by atoms with Crippen LogP contribution in [0.3, 0.4) is 0 Å². The molecule has 11 heteroatoms. The number of benzene rings is 3. The number of nitrogens with zero attached hydrogens (tertiary/aromatic N) is 1. The SMILES string of the molecule is O=C1NC(=S)N(c2ccccc2F)C(=O)/C1=C/c1cc(I)c(OCc2ccc3c(c2)OCO3)c(I)c1. The van der Waals surface area contributed by atoms with E-state index in [9.17, 15) is 14.0 Å². The second kappa shape index (κ2) is 10.3. The first-order valence-corrected chi connectivity index (χ1v) is 13.0. The molecule has 2 heterocycles. The van der Waals surface area contributed by atoms with Gasteiger partial charge in [-0.1, -0.05) is 18.2 Å². The van der Waals surface area contributed by atoms with Gasteiger partial charge in [-0.15, -0.1) is 0 Å². The highest BCUT2D eigenvalue weighted by Gasteiger charge is 2.35. The van der Waals surface area contributed by atoms with Gasteiger partial charge in [-0.3, -0.25) is 14.9 Å². The summed E-state index contributed by atoms with van der Waals surface area (Å²) < 4.78 is 32.8. The summed E-state index contributed by atoms with van der Waals surface area (Å²) in [6.45, 7) is 0.524. The summed E-state index contributed by atoms with van der Waals surface area (Å²) in [5, 5.41) is 2.29. The molecule has 2 aliphatic heterocycles. The molecule has 2 aliphatic rings. The Labute approximate surface area is 237 Å². The second-order valence-corrected chi connectivity index (χ2v) is 10.4. The Kier molecular flexibility index (Phi) is 7.12. The maximum atomic E-state index is 14.4. The third kappa shape index (κ3) is 4.91. The van der Waals surface area contributed by atoms with Crippen LogP contribution in [0.25, 0.3) is 6.08 Å². The van der Waals surface area contributed by atoms with Gasteiger partial charge in [0.25, 0.3) is 11.8 Å². The minimum absolute atomic E-state index is 0.0326. The van der Waals surface area contributed by atoms with E-state index in [2.05, 4.69) is 50.5 Å². The topological polar surface area (TPSA) is 77.1 Å². The highest BCUT2D eigenvalue weighted by atomic mass is 127. The van der Waals surface area contributed by atoms with Gasteiger partial charge < -0.3 is 14.2 Å². The van der Waals surface area contributed by atoms with Gasteiger partial charge in [0.1, 0.15) is 23.7 Å². The molecule has 0 aromatic heterocycles. The van der Waals surface area contributed by atoms with Crippen molar-refractivity contribution < 1.29 is 28.2 Å². The molecule has 0 atom stereocenters. The molecule has 3 aromatic rings. The number of amides is 2. The zero-order chi connectivity index (χ0) is 25.4. The van der Waals surface area contributed by atoms with Crippen molar-refractivity contribution in [3.8, 4) is 17.2 Å². The van der Waals surface area contributed by atoms with Crippen molar-refractivity contribution in [2.24, 2.45) is 0 Å². The number of carbonyl (C=O) groups is 2. The van der Waals surface area contributed by atoms with Crippen LogP contribution in [-0.4, -0.2) is 23.7 Å². The van der Waals surface area contributed by atoms with Crippen LogP contribution in [0.1, 0.15) is 11.1 Å². The summed E-state index contributed by atoms with van der Waals surface area (Å²) >= 11 is 9.42. The Bertz CT molecular complexity index is 1440. The van der Waals surface area contributed by atoms with Crippen LogP contribution in [0.4, 0.5) is 10.1 Å². The highest BCUT2D eigenvalue weighted by Crippen LogP contribution is 2.34. The van der Waals surface area contributed by atoms with Crippen molar-refractivity contribution in [1.29, 1.82) is 0 Å². The fourth-order valence-electron chi connectivity index (χ4n) is 3.66. The molecule has 7 nitrogen and oxygen atoms in total. The van der Waals surface area contributed by atoms with Gasteiger partial charge in [0.2, 0.25) is 6.79 Å². The molecule has 2 amide bonds. The number of halogens is 3. The summed E-state index contributed by atoms with van der Waals surface area (Å²) in [7, 11) is 0. The van der Waals surface area contributed by atoms with Crippen molar-refractivity contribution in [2.75, 3.05) is 11.7 Å².